The van der Waals surface area contributed by atoms with E-state index in [1.54, 1.807) is 18.2 Å². The highest BCUT2D eigenvalue weighted by Gasteiger charge is 2.41. The van der Waals surface area contributed by atoms with Gasteiger partial charge in [0.05, 0.1) is 0 Å². The van der Waals surface area contributed by atoms with Gasteiger partial charge in [-0.2, -0.15) is 0 Å². The summed E-state index contributed by atoms with van der Waals surface area (Å²) < 4.78 is 10.6. The van der Waals surface area contributed by atoms with Crippen LogP contribution in [-0.2, 0) is 0 Å². The van der Waals surface area contributed by atoms with Crippen LogP contribution in [0.4, 0.5) is 0 Å². The predicted octanol–water partition coefficient (Wildman–Crippen LogP) is 1.82. The van der Waals surface area contributed by atoms with Crippen molar-refractivity contribution in [1.29, 1.82) is 0 Å². The van der Waals surface area contributed by atoms with E-state index in [1.165, 1.54) is 19.3 Å². The largest absolute Gasteiger partial charge is 0.454 e. The molecule has 1 spiro atoms. The Morgan fingerprint density at radius 3 is 2.95 bits per heavy atom. The molecular weight excluding hydrogens is 268 g/mol. The number of fused-ring (bicyclic) bond motifs is 1. The Hall–Kier alpha value is -1.75. The number of amides is 1. The van der Waals surface area contributed by atoms with Gasteiger partial charge in [0.25, 0.3) is 5.91 Å². The summed E-state index contributed by atoms with van der Waals surface area (Å²) in [5, 5.41) is 6.80. The number of carbonyl (C=O) groups is 1. The molecule has 5 heteroatoms. The van der Waals surface area contributed by atoms with Gasteiger partial charge in [-0.15, -0.1) is 0 Å². The molecule has 2 heterocycles. The first-order chi connectivity index (χ1) is 10.2. The van der Waals surface area contributed by atoms with E-state index < -0.39 is 0 Å². The van der Waals surface area contributed by atoms with E-state index in [1.807, 2.05) is 0 Å². The summed E-state index contributed by atoms with van der Waals surface area (Å²) in [6, 6.07) is 5.62. The minimum Gasteiger partial charge on any atom is -0.454 e. The molecule has 1 saturated heterocycles. The zero-order valence-electron chi connectivity index (χ0n) is 12.0. The molecule has 1 atom stereocenters. The Balaban J connectivity index is 1.43. The third kappa shape index (κ3) is 2.35. The Labute approximate surface area is 124 Å². The van der Waals surface area contributed by atoms with Crippen molar-refractivity contribution in [1.82, 2.24) is 10.6 Å². The zero-order valence-corrected chi connectivity index (χ0v) is 12.0. The average Bonchev–Trinajstić information content (AvgIpc) is 2.93. The molecule has 5 nitrogen and oxygen atoms in total. The van der Waals surface area contributed by atoms with Crippen molar-refractivity contribution in [2.45, 2.75) is 43.7 Å². The second-order valence-electron chi connectivity index (χ2n) is 6.29. The molecule has 1 aromatic rings. The lowest BCUT2D eigenvalue weighted by atomic mass is 9.70. The number of benzene rings is 1. The number of piperidine rings is 1. The van der Waals surface area contributed by atoms with E-state index in [9.17, 15) is 4.79 Å². The van der Waals surface area contributed by atoms with Crippen molar-refractivity contribution >= 4 is 5.91 Å². The summed E-state index contributed by atoms with van der Waals surface area (Å²) >= 11 is 0. The number of hydrogen-bond acceptors (Lipinski definition) is 4. The number of ether oxygens (including phenoxy) is 2. The molecule has 1 aliphatic carbocycles. The van der Waals surface area contributed by atoms with Gasteiger partial charge in [-0.3, -0.25) is 4.79 Å². The normalized spacial score (nSPS) is 25.4. The van der Waals surface area contributed by atoms with E-state index in [0.29, 0.717) is 22.6 Å². The fourth-order valence-corrected chi connectivity index (χ4v) is 3.57. The highest BCUT2D eigenvalue weighted by atomic mass is 16.7. The van der Waals surface area contributed by atoms with Crippen molar-refractivity contribution in [3.63, 3.8) is 0 Å². The van der Waals surface area contributed by atoms with Crippen molar-refractivity contribution in [2.24, 2.45) is 0 Å². The Morgan fingerprint density at radius 1 is 1.29 bits per heavy atom. The predicted molar refractivity (Wildman–Crippen MR) is 77.6 cm³/mol. The number of hydrogen-bond donors (Lipinski definition) is 2. The fourth-order valence-electron chi connectivity index (χ4n) is 3.57. The van der Waals surface area contributed by atoms with Crippen LogP contribution in [0.15, 0.2) is 18.2 Å². The molecule has 3 aliphatic rings. The SMILES string of the molecule is O=C(NC1CCNC2(CCC2)C1)c1ccc2c(c1)OCO2. The fraction of sp³-hybridized carbons (Fsp3) is 0.562. The smallest absolute Gasteiger partial charge is 0.251 e. The quantitative estimate of drug-likeness (QED) is 0.871. The summed E-state index contributed by atoms with van der Waals surface area (Å²) in [5.41, 5.74) is 0.936. The van der Waals surface area contributed by atoms with Gasteiger partial charge in [0.15, 0.2) is 11.5 Å². The lowest BCUT2D eigenvalue weighted by molar-refractivity contribution is 0.0852. The molecule has 2 fully saturated rings. The Kier molecular flexibility index (Phi) is 3.03. The Morgan fingerprint density at radius 2 is 2.14 bits per heavy atom. The molecule has 1 unspecified atom stereocenters. The minimum absolute atomic E-state index is 0.0188. The van der Waals surface area contributed by atoms with Gasteiger partial charge in [-0.25, -0.2) is 0 Å². The van der Waals surface area contributed by atoms with E-state index in [-0.39, 0.29) is 18.7 Å². The monoisotopic (exact) mass is 288 g/mol. The lowest BCUT2D eigenvalue weighted by Crippen LogP contribution is -2.59. The highest BCUT2D eigenvalue weighted by molar-refractivity contribution is 5.95. The van der Waals surface area contributed by atoms with Crippen molar-refractivity contribution < 1.29 is 14.3 Å². The summed E-state index contributed by atoms with van der Waals surface area (Å²) in [4.78, 5) is 12.4. The third-order valence-electron chi connectivity index (χ3n) is 4.91. The van der Waals surface area contributed by atoms with Gasteiger partial charge in [-0.05, 0) is 56.8 Å². The van der Waals surface area contributed by atoms with Crippen molar-refractivity contribution in [3.8, 4) is 11.5 Å². The van der Waals surface area contributed by atoms with Crippen LogP contribution in [0.5, 0.6) is 11.5 Å². The average molecular weight is 288 g/mol. The number of rotatable bonds is 2. The standard InChI is InChI=1S/C16H20N2O3/c19-15(11-2-3-13-14(8-11)21-10-20-13)18-12-4-7-17-16(9-12)5-1-6-16/h2-3,8,12,17H,1,4-7,9-10H2,(H,18,19). The van der Waals surface area contributed by atoms with Gasteiger partial charge in [0, 0.05) is 17.1 Å². The van der Waals surface area contributed by atoms with Crippen molar-refractivity contribution in [3.05, 3.63) is 23.8 Å². The summed E-state index contributed by atoms with van der Waals surface area (Å²) in [7, 11) is 0. The first-order valence-electron chi connectivity index (χ1n) is 7.70. The van der Waals surface area contributed by atoms with Crippen molar-refractivity contribution in [2.75, 3.05) is 13.3 Å². The first-order valence-corrected chi connectivity index (χ1v) is 7.70. The van der Waals surface area contributed by atoms with Crippen LogP contribution >= 0.6 is 0 Å². The molecule has 0 aromatic heterocycles. The van der Waals surface area contributed by atoms with Gasteiger partial charge in [-0.1, -0.05) is 0 Å². The minimum atomic E-state index is -0.0188. The van der Waals surface area contributed by atoms with Gasteiger partial charge >= 0.3 is 0 Å². The Bertz CT molecular complexity index is 569. The topological polar surface area (TPSA) is 59.6 Å². The molecule has 112 valence electrons. The summed E-state index contributed by atoms with van der Waals surface area (Å²) in [6.07, 6.45) is 5.82. The molecule has 4 rings (SSSR count). The van der Waals surface area contributed by atoms with Crippen LogP contribution in [0.1, 0.15) is 42.5 Å². The maximum atomic E-state index is 12.4. The van der Waals surface area contributed by atoms with E-state index in [0.717, 1.165) is 19.4 Å². The maximum absolute atomic E-state index is 12.4. The van der Waals surface area contributed by atoms with Crippen LogP contribution in [0.2, 0.25) is 0 Å². The molecular formula is C16H20N2O3. The van der Waals surface area contributed by atoms with E-state index >= 15 is 0 Å². The molecule has 0 radical (unpaired) electrons. The lowest BCUT2D eigenvalue weighted by Gasteiger charge is -2.48. The molecule has 1 saturated carbocycles. The number of nitrogens with one attached hydrogen (secondary N) is 2. The highest BCUT2D eigenvalue weighted by Crippen LogP contribution is 2.38. The third-order valence-corrected chi connectivity index (χ3v) is 4.91. The van der Waals surface area contributed by atoms with Crippen LogP contribution in [0.3, 0.4) is 0 Å². The van der Waals surface area contributed by atoms with E-state index in [2.05, 4.69) is 10.6 Å². The molecule has 21 heavy (non-hydrogen) atoms. The maximum Gasteiger partial charge on any atom is 0.251 e. The van der Waals surface area contributed by atoms with Crippen LogP contribution in [0, 0.1) is 0 Å². The van der Waals surface area contributed by atoms with Gasteiger partial charge < -0.3 is 20.1 Å². The van der Waals surface area contributed by atoms with Gasteiger partial charge in [0.2, 0.25) is 6.79 Å². The zero-order chi connectivity index (χ0) is 14.3. The summed E-state index contributed by atoms with van der Waals surface area (Å²) in [6.45, 7) is 1.23. The van der Waals surface area contributed by atoms with Gasteiger partial charge in [0.1, 0.15) is 0 Å². The molecule has 2 N–H and O–H groups in total. The molecule has 1 aromatic carbocycles. The second kappa shape index (κ2) is 4.91. The molecule has 0 bridgehead atoms. The van der Waals surface area contributed by atoms with Crippen LogP contribution in [0.25, 0.3) is 0 Å². The molecule has 1 amide bonds. The first kappa shape index (κ1) is 13.0. The molecule has 2 aliphatic heterocycles. The van der Waals surface area contributed by atoms with Crippen LogP contribution in [-0.4, -0.2) is 30.8 Å². The van der Waals surface area contributed by atoms with E-state index in [4.69, 9.17) is 9.47 Å². The summed E-state index contributed by atoms with van der Waals surface area (Å²) in [5.74, 6) is 1.35. The number of carbonyl (C=O) groups excluding carboxylic acids is 1. The van der Waals surface area contributed by atoms with Crippen LogP contribution < -0.4 is 20.1 Å². The second-order valence-corrected chi connectivity index (χ2v) is 6.29.